The molecule has 1 N–H and O–H groups in total. The maximum Gasteiger partial charge on any atom is 0.410 e. The minimum atomic E-state index is -0.309. The van der Waals surface area contributed by atoms with E-state index in [0.29, 0.717) is 13.0 Å². The summed E-state index contributed by atoms with van der Waals surface area (Å²) in [6.45, 7) is 7.04. The van der Waals surface area contributed by atoms with Gasteiger partial charge < -0.3 is 14.7 Å². The largest absolute Gasteiger partial charge is 0.445 e. The van der Waals surface area contributed by atoms with Gasteiger partial charge in [0, 0.05) is 18.7 Å². The van der Waals surface area contributed by atoms with Crippen molar-refractivity contribution in [2.24, 2.45) is 0 Å². The summed E-state index contributed by atoms with van der Waals surface area (Å²) in [4.78, 5) is 14.4. The first-order valence-electron chi connectivity index (χ1n) is 9.07. The van der Waals surface area contributed by atoms with Crippen LogP contribution in [0, 0.1) is 0 Å². The van der Waals surface area contributed by atoms with E-state index in [1.807, 2.05) is 63.2 Å². The molecular weight excluding hydrogens is 326 g/mol. The fourth-order valence-corrected chi connectivity index (χ4v) is 2.74. The van der Waals surface area contributed by atoms with Crippen LogP contribution in [0.1, 0.15) is 37.5 Å². The molecule has 2 aromatic carbocycles. The van der Waals surface area contributed by atoms with Gasteiger partial charge in [0.1, 0.15) is 6.61 Å². The average Bonchev–Trinajstić information content (AvgIpc) is 2.61. The van der Waals surface area contributed by atoms with Crippen LogP contribution in [0.15, 0.2) is 54.6 Å². The number of ether oxygens (including phenoxy) is 1. The molecule has 0 spiro atoms. The van der Waals surface area contributed by atoms with E-state index in [4.69, 9.17) is 9.84 Å². The van der Waals surface area contributed by atoms with Crippen molar-refractivity contribution >= 4 is 6.09 Å². The predicted molar refractivity (Wildman–Crippen MR) is 104 cm³/mol. The van der Waals surface area contributed by atoms with E-state index in [0.717, 1.165) is 17.5 Å². The van der Waals surface area contributed by atoms with Crippen molar-refractivity contribution in [3.63, 3.8) is 0 Å². The monoisotopic (exact) mass is 355 g/mol. The Morgan fingerprint density at radius 3 is 2.08 bits per heavy atom. The zero-order chi connectivity index (χ0) is 19.0. The molecule has 0 bridgehead atoms. The van der Waals surface area contributed by atoms with Crippen molar-refractivity contribution in [1.82, 2.24) is 4.90 Å². The highest BCUT2D eigenvalue weighted by Crippen LogP contribution is 2.17. The highest BCUT2D eigenvalue weighted by molar-refractivity contribution is 5.68. The van der Waals surface area contributed by atoms with Crippen LogP contribution in [0.3, 0.4) is 0 Å². The number of benzene rings is 2. The van der Waals surface area contributed by atoms with E-state index in [9.17, 15) is 4.79 Å². The van der Waals surface area contributed by atoms with Crippen LogP contribution in [0.5, 0.6) is 0 Å². The number of carbonyl (C=O) groups excluding carboxylic acids is 1. The minimum absolute atomic E-state index is 0.135. The number of aliphatic hydroxyl groups excluding tert-OH is 1. The molecule has 26 heavy (non-hydrogen) atoms. The third kappa shape index (κ3) is 6.19. The Morgan fingerprint density at radius 1 is 0.923 bits per heavy atom. The lowest BCUT2D eigenvalue weighted by Gasteiger charge is -2.34. The molecule has 0 saturated heterocycles. The summed E-state index contributed by atoms with van der Waals surface area (Å²) in [5.74, 6) is 0. The summed E-state index contributed by atoms with van der Waals surface area (Å²) < 4.78 is 5.54. The zero-order valence-corrected chi connectivity index (χ0v) is 15.9. The summed E-state index contributed by atoms with van der Waals surface area (Å²) in [6, 6.07) is 17.9. The van der Waals surface area contributed by atoms with E-state index in [2.05, 4.69) is 12.1 Å². The molecule has 0 atom stereocenters. The van der Waals surface area contributed by atoms with Crippen molar-refractivity contribution < 1.29 is 14.6 Å². The third-order valence-electron chi connectivity index (χ3n) is 4.28. The lowest BCUT2D eigenvalue weighted by Crippen LogP contribution is -2.46. The molecule has 0 unspecified atom stereocenters. The Hall–Kier alpha value is -2.33. The van der Waals surface area contributed by atoms with Crippen molar-refractivity contribution in [2.75, 3.05) is 13.2 Å². The van der Waals surface area contributed by atoms with Gasteiger partial charge in [0.2, 0.25) is 0 Å². The Morgan fingerprint density at radius 2 is 1.50 bits per heavy atom. The summed E-state index contributed by atoms with van der Waals surface area (Å²) >= 11 is 0. The number of hydrogen-bond donors (Lipinski definition) is 1. The Bertz CT molecular complexity index is 675. The third-order valence-corrected chi connectivity index (χ3v) is 4.28. The first kappa shape index (κ1) is 20.0. The van der Waals surface area contributed by atoms with Gasteiger partial charge in [-0.3, -0.25) is 0 Å². The molecule has 1 amide bonds. The quantitative estimate of drug-likeness (QED) is 0.810. The second-order valence-electron chi connectivity index (χ2n) is 7.40. The molecule has 0 aliphatic carbocycles. The van der Waals surface area contributed by atoms with Crippen molar-refractivity contribution in [3.8, 4) is 0 Å². The smallest absolute Gasteiger partial charge is 0.410 e. The Kier molecular flexibility index (Phi) is 7.22. The molecule has 0 aliphatic heterocycles. The Balaban J connectivity index is 1.93. The van der Waals surface area contributed by atoms with Crippen LogP contribution in [0.4, 0.5) is 4.79 Å². The van der Waals surface area contributed by atoms with Crippen LogP contribution in [-0.2, 0) is 24.2 Å². The molecule has 4 nitrogen and oxygen atoms in total. The highest BCUT2D eigenvalue weighted by atomic mass is 16.6. The van der Waals surface area contributed by atoms with Crippen LogP contribution in [0.2, 0.25) is 0 Å². The van der Waals surface area contributed by atoms with Crippen LogP contribution >= 0.6 is 0 Å². The fourth-order valence-electron chi connectivity index (χ4n) is 2.74. The zero-order valence-electron chi connectivity index (χ0n) is 15.9. The van der Waals surface area contributed by atoms with Gasteiger partial charge in [-0.25, -0.2) is 4.79 Å². The second kappa shape index (κ2) is 9.39. The molecule has 0 radical (unpaired) electrons. The number of amides is 1. The first-order valence-corrected chi connectivity index (χ1v) is 9.07. The molecule has 2 aromatic rings. The average molecular weight is 355 g/mol. The lowest BCUT2D eigenvalue weighted by molar-refractivity contribution is 0.0633. The summed E-state index contributed by atoms with van der Waals surface area (Å²) in [5, 5.41) is 8.96. The number of rotatable bonds is 7. The Labute approximate surface area is 156 Å². The molecule has 4 heteroatoms. The molecule has 0 saturated carbocycles. The molecular formula is C22H29NO3. The summed E-state index contributed by atoms with van der Waals surface area (Å²) in [6.07, 6.45) is 1.13. The maximum absolute atomic E-state index is 12.6. The van der Waals surface area contributed by atoms with E-state index >= 15 is 0 Å². The van der Waals surface area contributed by atoms with Gasteiger partial charge in [-0.05, 0) is 50.3 Å². The summed E-state index contributed by atoms with van der Waals surface area (Å²) in [5.41, 5.74) is 2.91. The number of aliphatic hydroxyl groups is 1. The van der Waals surface area contributed by atoms with E-state index < -0.39 is 0 Å². The number of carbonyl (C=O) groups is 1. The van der Waals surface area contributed by atoms with Crippen LogP contribution < -0.4 is 0 Å². The first-order chi connectivity index (χ1) is 12.4. The van der Waals surface area contributed by atoms with E-state index in [1.54, 1.807) is 4.90 Å². The topological polar surface area (TPSA) is 49.8 Å². The predicted octanol–water partition coefficient (Wildman–Crippen LogP) is 4.20. The summed E-state index contributed by atoms with van der Waals surface area (Å²) in [7, 11) is 0. The maximum atomic E-state index is 12.6. The molecule has 0 heterocycles. The number of nitrogens with zero attached hydrogens (tertiary/aromatic N) is 1. The standard InChI is InChI=1S/C22H29NO3/c1-22(2,3)23(15-13-18-7-5-4-6-8-18)21(25)26-17-20-11-9-19(10-12-20)14-16-24/h4-12,24H,13-17H2,1-3H3. The van der Waals surface area contributed by atoms with Crippen LogP contribution in [0.25, 0.3) is 0 Å². The fraction of sp³-hybridized carbons (Fsp3) is 0.409. The van der Waals surface area contributed by atoms with Gasteiger partial charge in [-0.2, -0.15) is 0 Å². The molecule has 0 aliphatic rings. The van der Waals surface area contributed by atoms with Crippen molar-refractivity contribution in [2.45, 2.75) is 45.8 Å². The molecule has 2 rings (SSSR count). The highest BCUT2D eigenvalue weighted by Gasteiger charge is 2.27. The van der Waals surface area contributed by atoms with Gasteiger partial charge in [0.25, 0.3) is 0 Å². The normalized spacial score (nSPS) is 11.2. The molecule has 140 valence electrons. The van der Waals surface area contributed by atoms with Gasteiger partial charge >= 0.3 is 6.09 Å². The van der Waals surface area contributed by atoms with E-state index in [1.165, 1.54) is 5.56 Å². The van der Waals surface area contributed by atoms with Crippen molar-refractivity contribution in [3.05, 3.63) is 71.3 Å². The van der Waals surface area contributed by atoms with Crippen molar-refractivity contribution in [1.29, 1.82) is 0 Å². The van der Waals surface area contributed by atoms with Gasteiger partial charge in [0.15, 0.2) is 0 Å². The van der Waals surface area contributed by atoms with E-state index in [-0.39, 0.29) is 24.8 Å². The lowest BCUT2D eigenvalue weighted by atomic mass is 10.1. The second-order valence-corrected chi connectivity index (χ2v) is 7.40. The van der Waals surface area contributed by atoms with Crippen LogP contribution in [-0.4, -0.2) is 34.8 Å². The number of hydrogen-bond acceptors (Lipinski definition) is 3. The van der Waals surface area contributed by atoms with Gasteiger partial charge in [0.05, 0.1) is 0 Å². The van der Waals surface area contributed by atoms with Gasteiger partial charge in [-0.15, -0.1) is 0 Å². The molecule has 0 aromatic heterocycles. The minimum Gasteiger partial charge on any atom is -0.445 e. The van der Waals surface area contributed by atoms with Gasteiger partial charge in [-0.1, -0.05) is 54.6 Å². The SMILES string of the molecule is CC(C)(C)N(CCc1ccccc1)C(=O)OCc1ccc(CCO)cc1. The molecule has 0 fully saturated rings.